The Labute approximate surface area is 151 Å². The molecular weight excluding hydrogens is 347 g/mol. The van der Waals surface area contributed by atoms with Crippen LogP contribution in [0.2, 0.25) is 0 Å². The van der Waals surface area contributed by atoms with Gasteiger partial charge in [0.15, 0.2) is 0 Å². The monoisotopic (exact) mass is 371 g/mol. The standard InChI is InChI=1S/C18H24F3N3O2/c1-13(17(25)22-12-18(19,20)21)24-7-5-23(6-8-24)11-14-2-3-16-15(10-14)4-9-26-16/h2-3,10,13H,4-9,11-12H2,1H3,(H,22,25). The summed E-state index contributed by atoms with van der Waals surface area (Å²) in [6.45, 7) is 4.83. The first-order valence-electron chi connectivity index (χ1n) is 8.87. The van der Waals surface area contributed by atoms with E-state index < -0.39 is 24.7 Å². The Morgan fingerprint density at radius 3 is 2.69 bits per heavy atom. The molecule has 0 spiro atoms. The molecule has 0 saturated carbocycles. The predicted octanol–water partition coefficient (Wildman–Crippen LogP) is 1.81. The fourth-order valence-corrected chi connectivity index (χ4v) is 3.41. The van der Waals surface area contributed by atoms with Crippen molar-refractivity contribution >= 4 is 5.91 Å². The molecule has 144 valence electrons. The Morgan fingerprint density at radius 2 is 2.00 bits per heavy atom. The van der Waals surface area contributed by atoms with E-state index in [0.717, 1.165) is 38.4 Å². The third-order valence-corrected chi connectivity index (χ3v) is 4.96. The number of ether oxygens (including phenoxy) is 1. The van der Waals surface area contributed by atoms with Gasteiger partial charge in [0.1, 0.15) is 12.3 Å². The molecule has 1 amide bonds. The van der Waals surface area contributed by atoms with E-state index in [1.165, 1.54) is 11.1 Å². The summed E-state index contributed by atoms with van der Waals surface area (Å²) in [5, 5.41) is 1.96. The zero-order valence-corrected chi connectivity index (χ0v) is 14.8. The Kier molecular flexibility index (Phi) is 5.72. The molecule has 1 saturated heterocycles. The summed E-state index contributed by atoms with van der Waals surface area (Å²) in [6, 6.07) is 5.71. The number of hydrogen-bond acceptors (Lipinski definition) is 4. The highest BCUT2D eigenvalue weighted by Crippen LogP contribution is 2.26. The van der Waals surface area contributed by atoms with Crippen molar-refractivity contribution in [1.82, 2.24) is 15.1 Å². The van der Waals surface area contributed by atoms with Gasteiger partial charge in [-0.3, -0.25) is 14.6 Å². The number of carbonyl (C=O) groups excluding carboxylic acids is 1. The van der Waals surface area contributed by atoms with Crippen LogP contribution in [-0.4, -0.2) is 67.3 Å². The van der Waals surface area contributed by atoms with Crippen molar-refractivity contribution in [1.29, 1.82) is 0 Å². The van der Waals surface area contributed by atoms with Crippen molar-refractivity contribution in [2.45, 2.75) is 32.1 Å². The van der Waals surface area contributed by atoms with Crippen molar-refractivity contribution < 1.29 is 22.7 Å². The molecule has 2 aliphatic rings. The number of nitrogens with zero attached hydrogens (tertiary/aromatic N) is 2. The van der Waals surface area contributed by atoms with Gasteiger partial charge in [-0.1, -0.05) is 12.1 Å². The third kappa shape index (κ3) is 4.88. The maximum absolute atomic E-state index is 12.2. The number of rotatable bonds is 5. The molecule has 0 aromatic heterocycles. The minimum absolute atomic E-state index is 0.559. The molecule has 1 unspecified atom stereocenters. The van der Waals surface area contributed by atoms with Crippen molar-refractivity contribution in [2.24, 2.45) is 0 Å². The van der Waals surface area contributed by atoms with E-state index in [0.29, 0.717) is 13.1 Å². The van der Waals surface area contributed by atoms with Crippen molar-refractivity contribution in [3.05, 3.63) is 29.3 Å². The van der Waals surface area contributed by atoms with Crippen LogP contribution >= 0.6 is 0 Å². The van der Waals surface area contributed by atoms with Gasteiger partial charge >= 0.3 is 6.18 Å². The van der Waals surface area contributed by atoms with Gasteiger partial charge in [0.2, 0.25) is 5.91 Å². The molecule has 0 bridgehead atoms. The van der Waals surface area contributed by atoms with Gasteiger partial charge in [0.25, 0.3) is 0 Å². The van der Waals surface area contributed by atoms with E-state index in [1.54, 1.807) is 6.92 Å². The Bertz CT molecular complexity index is 643. The average molecular weight is 371 g/mol. The number of alkyl halides is 3. The summed E-state index contributed by atoms with van der Waals surface area (Å²) in [4.78, 5) is 16.1. The first-order chi connectivity index (χ1) is 12.3. The van der Waals surface area contributed by atoms with Gasteiger partial charge in [-0.05, 0) is 24.1 Å². The highest BCUT2D eigenvalue weighted by Gasteiger charge is 2.31. The summed E-state index contributed by atoms with van der Waals surface area (Å²) in [6.07, 6.45) is -3.43. The minimum atomic E-state index is -4.38. The number of halogens is 3. The lowest BCUT2D eigenvalue weighted by atomic mass is 10.1. The topological polar surface area (TPSA) is 44.8 Å². The van der Waals surface area contributed by atoms with Crippen LogP contribution in [0.25, 0.3) is 0 Å². The SMILES string of the molecule is CC(C(=O)NCC(F)(F)F)N1CCN(Cc2ccc3c(c2)CCO3)CC1. The molecular formula is C18H24F3N3O2. The fraction of sp³-hybridized carbons (Fsp3) is 0.611. The van der Waals surface area contributed by atoms with E-state index in [2.05, 4.69) is 17.0 Å². The molecule has 1 atom stereocenters. The summed E-state index contributed by atoms with van der Waals surface area (Å²) >= 11 is 0. The van der Waals surface area contributed by atoms with Gasteiger partial charge in [0.05, 0.1) is 12.6 Å². The number of amides is 1. The predicted molar refractivity (Wildman–Crippen MR) is 91.0 cm³/mol. The lowest BCUT2D eigenvalue weighted by molar-refractivity contribution is -0.141. The molecule has 1 fully saturated rings. The molecule has 8 heteroatoms. The number of benzene rings is 1. The van der Waals surface area contributed by atoms with Gasteiger partial charge in [-0.2, -0.15) is 13.2 Å². The van der Waals surface area contributed by atoms with Crippen LogP contribution in [0.1, 0.15) is 18.1 Å². The molecule has 26 heavy (non-hydrogen) atoms. The number of nitrogens with one attached hydrogen (secondary N) is 1. The maximum atomic E-state index is 12.2. The molecule has 1 N–H and O–H groups in total. The second-order valence-corrected chi connectivity index (χ2v) is 6.86. The Balaban J connectivity index is 1.45. The summed E-state index contributed by atoms with van der Waals surface area (Å²) < 4.78 is 42.2. The largest absolute Gasteiger partial charge is 0.493 e. The average Bonchev–Trinajstić information content (AvgIpc) is 3.07. The smallest absolute Gasteiger partial charge is 0.405 e. The first-order valence-corrected chi connectivity index (χ1v) is 8.87. The number of piperazine rings is 1. The van der Waals surface area contributed by atoms with Gasteiger partial charge < -0.3 is 10.1 Å². The fourth-order valence-electron chi connectivity index (χ4n) is 3.41. The van der Waals surface area contributed by atoms with Crippen LogP contribution in [0.3, 0.4) is 0 Å². The van der Waals surface area contributed by atoms with Gasteiger partial charge in [-0.15, -0.1) is 0 Å². The normalized spacial score (nSPS) is 19.7. The van der Waals surface area contributed by atoms with E-state index in [1.807, 2.05) is 16.3 Å². The summed E-state index contributed by atoms with van der Waals surface area (Å²) in [5.41, 5.74) is 2.48. The lowest BCUT2D eigenvalue weighted by Gasteiger charge is -2.37. The van der Waals surface area contributed by atoms with Crippen LogP contribution in [-0.2, 0) is 17.8 Å². The van der Waals surface area contributed by atoms with E-state index >= 15 is 0 Å². The van der Waals surface area contributed by atoms with Crippen LogP contribution in [0.15, 0.2) is 18.2 Å². The Hall–Kier alpha value is -1.80. The molecule has 1 aromatic rings. The minimum Gasteiger partial charge on any atom is -0.493 e. The number of fused-ring (bicyclic) bond motifs is 1. The highest BCUT2D eigenvalue weighted by molar-refractivity contribution is 5.81. The Morgan fingerprint density at radius 1 is 1.27 bits per heavy atom. The zero-order valence-electron chi connectivity index (χ0n) is 14.8. The molecule has 2 aliphatic heterocycles. The van der Waals surface area contributed by atoms with E-state index in [9.17, 15) is 18.0 Å². The van der Waals surface area contributed by atoms with Crippen molar-refractivity contribution in [3.8, 4) is 5.75 Å². The van der Waals surface area contributed by atoms with Crippen LogP contribution in [0, 0.1) is 0 Å². The van der Waals surface area contributed by atoms with Crippen LogP contribution in [0.4, 0.5) is 13.2 Å². The van der Waals surface area contributed by atoms with Crippen LogP contribution in [0.5, 0.6) is 5.75 Å². The molecule has 1 aromatic carbocycles. The van der Waals surface area contributed by atoms with Gasteiger partial charge in [0, 0.05) is 39.1 Å². The van der Waals surface area contributed by atoms with Crippen molar-refractivity contribution in [2.75, 3.05) is 39.3 Å². The van der Waals surface area contributed by atoms with E-state index in [4.69, 9.17) is 4.74 Å². The second kappa shape index (κ2) is 7.84. The van der Waals surface area contributed by atoms with Gasteiger partial charge in [-0.25, -0.2) is 0 Å². The third-order valence-electron chi connectivity index (χ3n) is 4.96. The van der Waals surface area contributed by atoms with E-state index in [-0.39, 0.29) is 0 Å². The summed E-state index contributed by atoms with van der Waals surface area (Å²) in [7, 11) is 0. The zero-order chi connectivity index (χ0) is 18.7. The quantitative estimate of drug-likeness (QED) is 0.858. The maximum Gasteiger partial charge on any atom is 0.405 e. The van der Waals surface area contributed by atoms with Crippen molar-refractivity contribution in [3.63, 3.8) is 0 Å². The van der Waals surface area contributed by atoms with Crippen LogP contribution < -0.4 is 10.1 Å². The molecule has 3 rings (SSSR count). The highest BCUT2D eigenvalue weighted by atomic mass is 19.4. The molecule has 0 aliphatic carbocycles. The molecule has 5 nitrogen and oxygen atoms in total. The lowest BCUT2D eigenvalue weighted by Crippen LogP contribution is -2.54. The second-order valence-electron chi connectivity index (χ2n) is 6.86. The summed E-state index contributed by atoms with van der Waals surface area (Å²) in [5.74, 6) is 0.395. The number of hydrogen-bond donors (Lipinski definition) is 1. The molecule has 2 heterocycles. The molecule has 0 radical (unpaired) electrons. The number of carbonyl (C=O) groups is 1. The first kappa shape index (κ1) is 19.0.